The van der Waals surface area contributed by atoms with Crippen molar-refractivity contribution in [3.05, 3.63) is 70.8 Å². The largest absolute Gasteiger partial charge is 0.326 e. The lowest BCUT2D eigenvalue weighted by atomic mass is 9.95. The van der Waals surface area contributed by atoms with Crippen LogP contribution >= 0.6 is 0 Å². The molecule has 3 heteroatoms. The topological polar surface area (TPSA) is 46.2 Å². The van der Waals surface area contributed by atoms with Crippen molar-refractivity contribution in [2.75, 3.05) is 5.32 Å². The number of rotatable bonds is 4. The number of carbonyl (C=O) groups excluding carboxylic acids is 2. The number of benzene rings is 2. The standard InChI is InChI=1S/C20H19NO2/c1-14-5-2-6-15(13-14)11-12-20(23)21-18-9-3-8-17-16(18)7-4-10-19(17)22/h2-9,13H,10-12H2,1H3,(H,21,23). The molecule has 1 amide bonds. The van der Waals surface area contributed by atoms with E-state index in [-0.39, 0.29) is 11.7 Å². The number of carbonyl (C=O) groups is 2. The Balaban J connectivity index is 1.68. The minimum absolute atomic E-state index is 0.0358. The van der Waals surface area contributed by atoms with Crippen molar-refractivity contribution in [1.82, 2.24) is 0 Å². The Kier molecular flexibility index (Phi) is 4.38. The van der Waals surface area contributed by atoms with E-state index in [0.29, 0.717) is 30.5 Å². The Labute approximate surface area is 136 Å². The van der Waals surface area contributed by atoms with Crippen LogP contribution in [0.2, 0.25) is 0 Å². The number of nitrogens with one attached hydrogen (secondary N) is 1. The van der Waals surface area contributed by atoms with Gasteiger partial charge in [0.15, 0.2) is 5.78 Å². The van der Waals surface area contributed by atoms with Crippen molar-refractivity contribution in [3.63, 3.8) is 0 Å². The van der Waals surface area contributed by atoms with Gasteiger partial charge in [-0.15, -0.1) is 0 Å². The zero-order valence-electron chi connectivity index (χ0n) is 13.1. The van der Waals surface area contributed by atoms with Crippen molar-refractivity contribution >= 4 is 23.5 Å². The fourth-order valence-corrected chi connectivity index (χ4v) is 2.83. The highest BCUT2D eigenvalue weighted by Gasteiger charge is 2.16. The summed E-state index contributed by atoms with van der Waals surface area (Å²) >= 11 is 0. The zero-order chi connectivity index (χ0) is 16.2. The van der Waals surface area contributed by atoms with Crippen LogP contribution in [0.25, 0.3) is 6.08 Å². The van der Waals surface area contributed by atoms with E-state index in [0.717, 1.165) is 11.1 Å². The van der Waals surface area contributed by atoms with Gasteiger partial charge in [-0.25, -0.2) is 0 Å². The second-order valence-electron chi connectivity index (χ2n) is 5.83. The Morgan fingerprint density at radius 3 is 2.83 bits per heavy atom. The average Bonchev–Trinajstić information content (AvgIpc) is 2.54. The number of aryl methyl sites for hydroxylation is 2. The summed E-state index contributed by atoms with van der Waals surface area (Å²) in [6, 6.07) is 13.6. The number of hydrogen-bond acceptors (Lipinski definition) is 2. The maximum Gasteiger partial charge on any atom is 0.224 e. The zero-order valence-corrected chi connectivity index (χ0v) is 13.1. The predicted octanol–water partition coefficient (Wildman–Crippen LogP) is 4.17. The van der Waals surface area contributed by atoms with Gasteiger partial charge in [0.1, 0.15) is 0 Å². The number of hydrogen-bond donors (Lipinski definition) is 1. The molecule has 0 unspecified atom stereocenters. The fourth-order valence-electron chi connectivity index (χ4n) is 2.83. The van der Waals surface area contributed by atoms with Gasteiger partial charge in [0.2, 0.25) is 5.91 Å². The lowest BCUT2D eigenvalue weighted by molar-refractivity contribution is -0.116. The summed E-state index contributed by atoms with van der Waals surface area (Å²) < 4.78 is 0. The molecule has 0 radical (unpaired) electrons. The quantitative estimate of drug-likeness (QED) is 0.921. The van der Waals surface area contributed by atoms with E-state index in [2.05, 4.69) is 11.4 Å². The highest BCUT2D eigenvalue weighted by atomic mass is 16.1. The molecule has 0 fully saturated rings. The summed E-state index contributed by atoms with van der Waals surface area (Å²) in [7, 11) is 0. The number of anilines is 1. The van der Waals surface area contributed by atoms with Crippen LogP contribution in [0.4, 0.5) is 5.69 Å². The van der Waals surface area contributed by atoms with Gasteiger partial charge in [-0.05, 0) is 25.0 Å². The van der Waals surface area contributed by atoms with Gasteiger partial charge in [-0.1, -0.05) is 54.1 Å². The van der Waals surface area contributed by atoms with Gasteiger partial charge in [-0.2, -0.15) is 0 Å². The second-order valence-corrected chi connectivity index (χ2v) is 5.83. The number of Topliss-reactive ketones (excluding diaryl/α,β-unsaturated/α-hetero) is 1. The van der Waals surface area contributed by atoms with Crippen LogP contribution in [0.1, 0.15) is 39.9 Å². The van der Waals surface area contributed by atoms with E-state index in [1.54, 1.807) is 0 Å². The molecular formula is C20H19NO2. The predicted molar refractivity (Wildman–Crippen MR) is 92.6 cm³/mol. The summed E-state index contributed by atoms with van der Waals surface area (Å²) in [5.41, 5.74) is 4.56. The van der Waals surface area contributed by atoms with Crippen molar-refractivity contribution in [1.29, 1.82) is 0 Å². The Morgan fingerprint density at radius 1 is 1.17 bits per heavy atom. The monoisotopic (exact) mass is 305 g/mol. The van der Waals surface area contributed by atoms with E-state index in [9.17, 15) is 9.59 Å². The molecule has 3 rings (SSSR count). The number of amides is 1. The number of ketones is 1. The number of fused-ring (bicyclic) bond motifs is 1. The third-order valence-corrected chi connectivity index (χ3v) is 3.99. The Morgan fingerprint density at radius 2 is 2.00 bits per heavy atom. The molecule has 2 aromatic rings. The van der Waals surface area contributed by atoms with Gasteiger partial charge >= 0.3 is 0 Å². The van der Waals surface area contributed by atoms with Crippen LogP contribution < -0.4 is 5.32 Å². The van der Waals surface area contributed by atoms with E-state index in [4.69, 9.17) is 0 Å². The summed E-state index contributed by atoms with van der Waals surface area (Å²) in [5, 5.41) is 2.93. The van der Waals surface area contributed by atoms with Crippen molar-refractivity contribution in [2.45, 2.75) is 26.2 Å². The Bertz CT molecular complexity index is 790. The molecule has 0 saturated heterocycles. The smallest absolute Gasteiger partial charge is 0.224 e. The van der Waals surface area contributed by atoms with Gasteiger partial charge in [0.25, 0.3) is 0 Å². The highest BCUT2D eigenvalue weighted by Crippen LogP contribution is 2.26. The SMILES string of the molecule is Cc1cccc(CCC(=O)Nc2cccc3c2C=CCC3=O)c1. The maximum absolute atomic E-state index is 12.2. The minimum atomic E-state index is -0.0358. The molecule has 23 heavy (non-hydrogen) atoms. The molecule has 0 aliphatic heterocycles. The van der Waals surface area contributed by atoms with E-state index < -0.39 is 0 Å². The first-order chi connectivity index (χ1) is 11.1. The minimum Gasteiger partial charge on any atom is -0.326 e. The fraction of sp³-hybridized carbons (Fsp3) is 0.200. The molecule has 0 saturated carbocycles. The molecule has 1 N–H and O–H groups in total. The van der Waals surface area contributed by atoms with Gasteiger partial charge < -0.3 is 5.32 Å². The molecular weight excluding hydrogens is 286 g/mol. The van der Waals surface area contributed by atoms with Crippen LogP contribution in [-0.4, -0.2) is 11.7 Å². The third kappa shape index (κ3) is 3.57. The Hall–Kier alpha value is -2.68. The summed E-state index contributed by atoms with van der Waals surface area (Å²) in [6.07, 6.45) is 5.31. The van der Waals surface area contributed by atoms with E-state index >= 15 is 0 Å². The molecule has 0 atom stereocenters. The van der Waals surface area contributed by atoms with E-state index in [1.807, 2.05) is 55.5 Å². The summed E-state index contributed by atoms with van der Waals surface area (Å²) in [5.74, 6) is 0.0599. The highest BCUT2D eigenvalue weighted by molar-refractivity contribution is 6.06. The van der Waals surface area contributed by atoms with Crippen LogP contribution in [0.5, 0.6) is 0 Å². The van der Waals surface area contributed by atoms with Crippen LogP contribution in [0, 0.1) is 6.92 Å². The molecule has 1 aliphatic carbocycles. The van der Waals surface area contributed by atoms with Gasteiger partial charge in [0, 0.05) is 29.7 Å². The normalized spacial score (nSPS) is 12.8. The molecule has 2 aromatic carbocycles. The number of allylic oxidation sites excluding steroid dienone is 1. The molecule has 116 valence electrons. The maximum atomic E-state index is 12.2. The first-order valence-electron chi connectivity index (χ1n) is 7.81. The van der Waals surface area contributed by atoms with Crippen molar-refractivity contribution in [3.8, 4) is 0 Å². The lowest BCUT2D eigenvalue weighted by Crippen LogP contribution is -2.15. The summed E-state index contributed by atoms with van der Waals surface area (Å²) in [4.78, 5) is 24.1. The molecule has 3 nitrogen and oxygen atoms in total. The molecule has 0 aromatic heterocycles. The van der Waals surface area contributed by atoms with Gasteiger partial charge in [-0.3, -0.25) is 9.59 Å². The average molecular weight is 305 g/mol. The third-order valence-electron chi connectivity index (χ3n) is 3.99. The molecule has 0 bridgehead atoms. The first-order valence-corrected chi connectivity index (χ1v) is 7.81. The van der Waals surface area contributed by atoms with Crippen LogP contribution in [-0.2, 0) is 11.2 Å². The van der Waals surface area contributed by atoms with E-state index in [1.165, 1.54) is 5.56 Å². The van der Waals surface area contributed by atoms with Gasteiger partial charge in [0.05, 0.1) is 0 Å². The van der Waals surface area contributed by atoms with Crippen molar-refractivity contribution < 1.29 is 9.59 Å². The van der Waals surface area contributed by atoms with Crippen LogP contribution in [0.3, 0.4) is 0 Å². The second kappa shape index (κ2) is 6.61. The van der Waals surface area contributed by atoms with Crippen molar-refractivity contribution in [2.24, 2.45) is 0 Å². The first kappa shape index (κ1) is 15.2. The summed E-state index contributed by atoms with van der Waals surface area (Å²) in [6.45, 7) is 2.04. The lowest BCUT2D eigenvalue weighted by Gasteiger charge is -2.15. The molecule has 1 aliphatic rings. The molecule has 0 spiro atoms. The van der Waals surface area contributed by atoms with Crippen LogP contribution in [0.15, 0.2) is 48.5 Å². The molecule has 0 heterocycles.